The molecule has 0 aromatic heterocycles. The van der Waals surface area contributed by atoms with Crippen LogP contribution >= 0.6 is 0 Å². The molecule has 0 saturated carbocycles. The van der Waals surface area contributed by atoms with Crippen LogP contribution < -0.4 is 238 Å². The summed E-state index contributed by atoms with van der Waals surface area (Å²) < 4.78 is 0. The summed E-state index contributed by atoms with van der Waals surface area (Å²) in [5.41, 5.74) is 0. The van der Waals surface area contributed by atoms with E-state index in [1.54, 1.807) is 0 Å². The van der Waals surface area contributed by atoms with Crippen LogP contribution in [0, 0.1) is 0 Å². The van der Waals surface area contributed by atoms with Crippen molar-refractivity contribution in [3.8, 4) is 0 Å². The van der Waals surface area contributed by atoms with E-state index < -0.39 is 6.16 Å². The molecule has 0 fully saturated rings. The van der Waals surface area contributed by atoms with Gasteiger partial charge in [0.05, 0.1) is 0 Å². The summed E-state index contributed by atoms with van der Waals surface area (Å²) in [6.07, 6.45) is -2.33. The zero-order chi connectivity index (χ0) is 7.58. The van der Waals surface area contributed by atoms with Crippen molar-refractivity contribution >= 4 is 6.16 Å². The van der Waals surface area contributed by atoms with Gasteiger partial charge in [-0.1, -0.05) is 0 Å². The molecule has 0 bridgehead atoms. The second-order valence-electron chi connectivity index (χ2n) is 0.250. The summed E-state index contributed by atoms with van der Waals surface area (Å²) in [4.78, 5) is 8.33. The minimum Gasteiger partial charge on any atom is -2.00 e. The third kappa shape index (κ3) is 132. The summed E-state index contributed by atoms with van der Waals surface area (Å²) in [7, 11) is 0. The monoisotopic (exact) mass is 590 g/mol. The maximum Gasteiger partial charge on any atom is 1.00 e. The fourth-order valence-corrected chi connectivity index (χ4v) is 0. The van der Waals surface area contributed by atoms with E-state index in [4.69, 9.17) is 36.0 Å². The molecule has 0 aliphatic rings. The number of carboxylic acid groups (broad SMARTS) is 2. The first-order chi connectivity index (χ1) is 3.73. The van der Waals surface area contributed by atoms with Gasteiger partial charge in [0.2, 0.25) is 0 Å². The summed E-state index contributed by atoms with van der Waals surface area (Å²) in [5.74, 6) is 0. The minimum atomic E-state index is -2.33. The van der Waals surface area contributed by atoms with Crippen molar-refractivity contribution in [2.24, 2.45) is 0 Å². The summed E-state index contributed by atoms with van der Waals surface area (Å²) in [6, 6.07) is 0. The van der Waals surface area contributed by atoms with Crippen LogP contribution in [0.1, 0.15) is 0 Å². The van der Waals surface area contributed by atoms with Crippen LogP contribution in [0.15, 0.2) is 0 Å². The van der Waals surface area contributed by atoms with Gasteiger partial charge >= 0.3 is 207 Å². The van der Waals surface area contributed by atoms with Crippen molar-refractivity contribution in [2.75, 3.05) is 0 Å². The Morgan fingerprint density at radius 1 is 0.769 bits per heavy atom. The molecule has 0 aliphatic heterocycles. The maximum atomic E-state index is 8.33. The standard InChI is InChI=1S/CH2O3.3Cs.2O2.O.V/c2-1(3)4;;;;2*1-2;;/h(H2,2,3,4);;;;;;;/q;3*+1;3*-2;/p-2. The molecule has 0 saturated heterocycles. The van der Waals surface area contributed by atoms with E-state index in [-0.39, 0.29) is 231 Å². The van der Waals surface area contributed by atoms with Crippen LogP contribution in [0.3, 0.4) is 0 Å². The summed E-state index contributed by atoms with van der Waals surface area (Å²) in [5, 5.41) is 44.7. The molecular weight excluding hydrogens is 590 g/mol. The Balaban J connectivity index is -0.00000000429. The van der Waals surface area contributed by atoms with Gasteiger partial charge in [0.25, 0.3) is 0 Å². The van der Waals surface area contributed by atoms with Crippen LogP contribution in [-0.4, -0.2) is 6.16 Å². The van der Waals surface area contributed by atoms with Gasteiger partial charge in [0, 0.05) is 18.6 Å². The molecule has 0 spiro atoms. The van der Waals surface area contributed by atoms with Gasteiger partial charge in [-0.25, -0.2) is 0 Å². The first-order valence-corrected chi connectivity index (χ1v) is 0.946. The van der Waals surface area contributed by atoms with E-state index in [9.17, 15) is 0 Å². The summed E-state index contributed by atoms with van der Waals surface area (Å²) >= 11 is 0. The number of hydrogen-bond donors (Lipinski definition) is 0. The number of carbonyl (C=O) groups excluding carboxylic acids is 1. The molecule has 0 aliphatic carbocycles. The van der Waals surface area contributed by atoms with E-state index in [0.29, 0.717) is 0 Å². The van der Waals surface area contributed by atoms with Crippen molar-refractivity contribution < 1.29 is 267 Å². The quantitative estimate of drug-likeness (QED) is 0.198. The molecule has 0 heterocycles. The van der Waals surface area contributed by atoms with Crippen LogP contribution in [0.5, 0.6) is 0 Å². The largest absolute Gasteiger partial charge is 2.00 e. The molecule has 8 nitrogen and oxygen atoms in total. The SMILES string of the molecule is O=C([O-])[O-].[Cs+].[Cs+].[Cs+].[O-2].[O-][O-].[O-][O-].[V]. The van der Waals surface area contributed by atoms with Crippen molar-refractivity contribution in [1.29, 1.82) is 0 Å². The Bertz CT molecular complexity index is 42.4. The molecule has 0 amide bonds. The second kappa shape index (κ2) is 64.8. The van der Waals surface area contributed by atoms with Crippen LogP contribution in [0.4, 0.5) is 4.79 Å². The van der Waals surface area contributed by atoms with E-state index >= 15 is 0 Å². The molecule has 12 heteroatoms. The Kier molecular flexibility index (Phi) is 255. The van der Waals surface area contributed by atoms with E-state index in [2.05, 4.69) is 0 Å². The van der Waals surface area contributed by atoms with Gasteiger partial charge in [0.1, 0.15) is 0 Å². The van der Waals surface area contributed by atoms with Crippen LogP contribution in [0.2, 0.25) is 0 Å². The van der Waals surface area contributed by atoms with Gasteiger partial charge in [-0.2, -0.15) is 0 Å². The summed E-state index contributed by atoms with van der Waals surface area (Å²) in [6.45, 7) is 0. The third-order valence-electron chi connectivity index (χ3n) is 0. The number of hydrogen-bond acceptors (Lipinski definition) is 7. The molecule has 0 aromatic rings. The normalized spacial score (nSPS) is 2.77. The number of rotatable bonds is 0. The molecular formula is CCs3O8V-5. The smallest absolute Gasteiger partial charge is 1.00 e. The molecule has 0 rings (SSSR count). The third-order valence-corrected chi connectivity index (χ3v) is 0. The van der Waals surface area contributed by atoms with Gasteiger partial charge in [0.15, 0.2) is 0 Å². The Morgan fingerprint density at radius 3 is 0.769 bits per heavy atom. The van der Waals surface area contributed by atoms with E-state index in [0.717, 1.165) is 0 Å². The van der Waals surface area contributed by atoms with Crippen molar-refractivity contribution in [3.63, 3.8) is 0 Å². The van der Waals surface area contributed by atoms with Crippen molar-refractivity contribution in [3.05, 3.63) is 0 Å². The fourth-order valence-electron chi connectivity index (χ4n) is 0. The van der Waals surface area contributed by atoms with Gasteiger partial charge in [-0.05, 0) is 6.16 Å². The van der Waals surface area contributed by atoms with Gasteiger partial charge in [-0.3, -0.25) is 0 Å². The predicted molar refractivity (Wildman–Crippen MR) is 6.08 cm³/mol. The zero-order valence-electron chi connectivity index (χ0n) is 7.21. The van der Waals surface area contributed by atoms with Crippen LogP contribution in [-0.2, 0) is 24.0 Å². The minimum absolute atomic E-state index is 0. The fraction of sp³-hybridized carbons (Fsp3) is 0. The molecule has 0 unspecified atom stereocenters. The maximum absolute atomic E-state index is 8.33. The first kappa shape index (κ1) is 51.1. The Labute approximate surface area is 263 Å². The Morgan fingerprint density at radius 2 is 0.769 bits per heavy atom. The molecule has 65 valence electrons. The van der Waals surface area contributed by atoms with E-state index in [1.807, 2.05) is 0 Å². The second-order valence-corrected chi connectivity index (χ2v) is 0.250. The van der Waals surface area contributed by atoms with Crippen LogP contribution in [0.25, 0.3) is 0 Å². The topological polar surface area (TPSA) is 184 Å². The van der Waals surface area contributed by atoms with Crippen molar-refractivity contribution in [2.45, 2.75) is 0 Å². The molecule has 0 N–H and O–H groups in total. The molecule has 13 heavy (non-hydrogen) atoms. The first-order valence-electron chi connectivity index (χ1n) is 0.946. The average molecular weight is 590 g/mol. The molecule has 1 radical (unpaired) electrons. The van der Waals surface area contributed by atoms with Crippen molar-refractivity contribution in [1.82, 2.24) is 0 Å². The zero-order valence-corrected chi connectivity index (χ0v) is 27.5. The molecule has 0 aromatic carbocycles. The predicted octanol–water partition coefficient (Wildman–Crippen LogP) is -16.3. The van der Waals surface area contributed by atoms with Gasteiger partial charge in [-0.15, -0.1) is 0 Å². The Hall–Kier alpha value is 5.81. The van der Waals surface area contributed by atoms with Gasteiger partial charge < -0.3 is 41.5 Å². The average Bonchev–Trinajstić information content (AvgIpc) is 1.75. The number of carbonyl (C=O) groups is 1. The van der Waals surface area contributed by atoms with E-state index in [1.165, 1.54) is 0 Å². The molecule has 0 atom stereocenters.